The van der Waals surface area contributed by atoms with Crippen LogP contribution in [0.15, 0.2) is 79.3 Å². The molecule has 0 atom stereocenters. The highest BCUT2D eigenvalue weighted by Gasteiger charge is 2.15. The fourth-order valence-corrected chi connectivity index (χ4v) is 3.38. The number of benzene rings is 2. The van der Waals surface area contributed by atoms with Crippen LogP contribution in [0, 0.1) is 6.92 Å². The van der Waals surface area contributed by atoms with Crippen molar-refractivity contribution in [2.24, 2.45) is 0 Å². The van der Waals surface area contributed by atoms with Gasteiger partial charge in [0.05, 0.1) is 24.1 Å². The molecule has 2 amide bonds. The van der Waals surface area contributed by atoms with E-state index in [1.807, 2.05) is 37.3 Å². The number of rotatable bonds is 7. The second-order valence-corrected chi connectivity index (χ2v) is 7.86. The molecule has 4 aromatic rings. The number of carboxylic acid groups (broad SMARTS) is 1. The summed E-state index contributed by atoms with van der Waals surface area (Å²) in [6, 6.07) is 18.1. The summed E-state index contributed by atoms with van der Waals surface area (Å²) in [5, 5.41) is 16.7. The summed E-state index contributed by atoms with van der Waals surface area (Å²) >= 11 is 0. The summed E-state index contributed by atoms with van der Waals surface area (Å²) in [7, 11) is 0. The number of carbonyl (C=O) groups is 2. The number of hydrogen-bond donors (Lipinski definition) is 3. The van der Waals surface area contributed by atoms with Gasteiger partial charge in [-0.2, -0.15) is 0 Å². The van der Waals surface area contributed by atoms with Crippen molar-refractivity contribution in [2.75, 3.05) is 11.1 Å². The van der Waals surface area contributed by atoms with Gasteiger partial charge in [0.15, 0.2) is 5.82 Å². The van der Waals surface area contributed by atoms with E-state index in [0.29, 0.717) is 11.3 Å². The van der Waals surface area contributed by atoms with Gasteiger partial charge >= 0.3 is 6.09 Å². The van der Waals surface area contributed by atoms with Gasteiger partial charge in [-0.1, -0.05) is 35.9 Å². The number of amides is 2. The molecule has 2 aromatic carbocycles. The number of nitrogens with zero attached hydrogens (tertiary/aromatic N) is 4. The fourth-order valence-electron chi connectivity index (χ4n) is 3.38. The lowest BCUT2D eigenvalue weighted by molar-refractivity contribution is 0.102. The van der Waals surface area contributed by atoms with Crippen molar-refractivity contribution in [1.29, 1.82) is 0 Å². The van der Waals surface area contributed by atoms with Crippen LogP contribution in [0.1, 0.15) is 27.0 Å². The molecule has 4 N–H and O–H groups in total. The molecular weight excluding hydrogens is 432 g/mol. The molecule has 0 bridgehead atoms. The number of aromatic nitrogens is 3. The number of anilines is 2. The van der Waals surface area contributed by atoms with Gasteiger partial charge in [-0.15, -0.1) is 5.10 Å². The number of pyridine rings is 1. The average molecular weight is 457 g/mol. The highest BCUT2D eigenvalue weighted by molar-refractivity contribution is 6.05. The molecule has 0 aliphatic rings. The molecule has 2 heterocycles. The van der Waals surface area contributed by atoms with E-state index in [1.165, 1.54) is 4.90 Å². The first-order chi connectivity index (χ1) is 16.4. The Morgan fingerprint density at radius 3 is 2.38 bits per heavy atom. The maximum atomic E-state index is 12.7. The van der Waals surface area contributed by atoms with Crippen LogP contribution in [0.5, 0.6) is 0 Å². The van der Waals surface area contributed by atoms with Crippen LogP contribution in [0.25, 0.3) is 5.69 Å². The molecule has 0 saturated heterocycles. The minimum Gasteiger partial charge on any atom is -0.465 e. The minimum atomic E-state index is -1.04. The van der Waals surface area contributed by atoms with E-state index in [9.17, 15) is 14.7 Å². The molecule has 172 valence electrons. The fraction of sp³-hybridized carbons (Fsp3) is 0.120. The zero-order valence-electron chi connectivity index (χ0n) is 18.5. The third-order valence-corrected chi connectivity index (χ3v) is 5.23. The molecule has 4 rings (SSSR count). The number of aryl methyl sites for hydroxylation is 1. The van der Waals surface area contributed by atoms with Crippen molar-refractivity contribution in [1.82, 2.24) is 19.7 Å². The van der Waals surface area contributed by atoms with Crippen LogP contribution in [-0.4, -0.2) is 36.8 Å². The molecule has 9 nitrogen and oxygen atoms in total. The lowest BCUT2D eigenvalue weighted by Gasteiger charge is -2.19. The third-order valence-electron chi connectivity index (χ3n) is 5.23. The van der Waals surface area contributed by atoms with E-state index in [4.69, 9.17) is 5.73 Å². The van der Waals surface area contributed by atoms with Crippen LogP contribution in [0.3, 0.4) is 0 Å². The van der Waals surface area contributed by atoms with E-state index in [1.54, 1.807) is 53.6 Å². The van der Waals surface area contributed by atoms with Gasteiger partial charge in [0.2, 0.25) is 0 Å². The smallest absolute Gasteiger partial charge is 0.407 e. The number of carbonyl (C=O) groups excluding carboxylic acids is 1. The summed E-state index contributed by atoms with van der Waals surface area (Å²) < 4.78 is 1.61. The van der Waals surface area contributed by atoms with Gasteiger partial charge in [-0.05, 0) is 48.4 Å². The summed E-state index contributed by atoms with van der Waals surface area (Å²) in [5.41, 5.74) is 10.3. The molecule has 0 unspecified atom stereocenters. The Hall–Kier alpha value is -4.66. The van der Waals surface area contributed by atoms with Gasteiger partial charge in [0.25, 0.3) is 5.91 Å². The molecule has 0 fully saturated rings. The Kier molecular flexibility index (Phi) is 6.54. The van der Waals surface area contributed by atoms with Gasteiger partial charge in [0, 0.05) is 24.5 Å². The van der Waals surface area contributed by atoms with E-state index in [-0.39, 0.29) is 24.8 Å². The summed E-state index contributed by atoms with van der Waals surface area (Å²) in [4.78, 5) is 29.7. The molecule has 0 spiro atoms. The van der Waals surface area contributed by atoms with Crippen LogP contribution in [-0.2, 0) is 13.1 Å². The monoisotopic (exact) mass is 456 g/mol. The van der Waals surface area contributed by atoms with Crippen molar-refractivity contribution in [2.45, 2.75) is 20.0 Å². The van der Waals surface area contributed by atoms with Gasteiger partial charge in [-0.3, -0.25) is 14.7 Å². The Labute approximate surface area is 196 Å². The van der Waals surface area contributed by atoms with Crippen molar-refractivity contribution in [3.8, 4) is 5.69 Å². The molecule has 0 aliphatic heterocycles. The average Bonchev–Trinajstić information content (AvgIpc) is 3.20. The number of hydrogen-bond acceptors (Lipinski definition) is 5. The van der Waals surface area contributed by atoms with Crippen molar-refractivity contribution in [3.63, 3.8) is 0 Å². The first-order valence-corrected chi connectivity index (χ1v) is 10.6. The lowest BCUT2D eigenvalue weighted by atomic mass is 10.1. The Balaban J connectivity index is 1.42. The van der Waals surface area contributed by atoms with Gasteiger partial charge in [-0.25, -0.2) is 9.48 Å². The van der Waals surface area contributed by atoms with Crippen molar-refractivity contribution in [3.05, 3.63) is 102 Å². The second kappa shape index (κ2) is 9.86. The zero-order valence-corrected chi connectivity index (χ0v) is 18.5. The highest BCUT2D eigenvalue weighted by Crippen LogP contribution is 2.20. The van der Waals surface area contributed by atoms with Crippen molar-refractivity contribution < 1.29 is 14.7 Å². The molecule has 34 heavy (non-hydrogen) atoms. The SMILES string of the molecule is Cc1ccc(-n2cc(N)c(NC(=O)c3ccc(CN(Cc4cccnc4)C(=O)O)cc3)n2)cc1. The molecule has 2 aromatic heterocycles. The maximum absolute atomic E-state index is 12.7. The van der Waals surface area contributed by atoms with E-state index in [2.05, 4.69) is 15.4 Å². The van der Waals surface area contributed by atoms with Crippen LogP contribution >= 0.6 is 0 Å². The third kappa shape index (κ3) is 5.39. The molecule has 9 heteroatoms. The number of nitrogens with one attached hydrogen (secondary N) is 1. The zero-order chi connectivity index (χ0) is 24.1. The summed E-state index contributed by atoms with van der Waals surface area (Å²) in [6.07, 6.45) is 3.88. The molecule has 0 aliphatic carbocycles. The number of nitrogens with two attached hydrogens (primary N) is 1. The van der Waals surface area contributed by atoms with E-state index >= 15 is 0 Å². The van der Waals surface area contributed by atoms with Gasteiger partial charge in [0.1, 0.15) is 0 Å². The van der Waals surface area contributed by atoms with Crippen LogP contribution < -0.4 is 11.1 Å². The van der Waals surface area contributed by atoms with Crippen LogP contribution in [0.4, 0.5) is 16.3 Å². The normalized spacial score (nSPS) is 10.6. The Morgan fingerprint density at radius 2 is 1.74 bits per heavy atom. The van der Waals surface area contributed by atoms with E-state index < -0.39 is 6.09 Å². The minimum absolute atomic E-state index is 0.181. The molecular formula is C25H24N6O3. The lowest BCUT2D eigenvalue weighted by Crippen LogP contribution is -2.28. The van der Waals surface area contributed by atoms with E-state index in [0.717, 1.165) is 22.4 Å². The maximum Gasteiger partial charge on any atom is 0.407 e. The van der Waals surface area contributed by atoms with Gasteiger partial charge < -0.3 is 16.2 Å². The Bertz CT molecular complexity index is 1280. The topological polar surface area (TPSA) is 126 Å². The van der Waals surface area contributed by atoms with Crippen LogP contribution in [0.2, 0.25) is 0 Å². The highest BCUT2D eigenvalue weighted by atomic mass is 16.4. The first kappa shape index (κ1) is 22.5. The Morgan fingerprint density at radius 1 is 1.03 bits per heavy atom. The standard InChI is InChI=1S/C25H24N6O3/c1-17-4-10-21(11-5-17)31-16-22(26)23(29-31)28-24(32)20-8-6-18(7-9-20)14-30(25(33)34)15-19-3-2-12-27-13-19/h2-13,16H,14-15,26H2,1H3,(H,33,34)(H,28,29,32). The predicted molar refractivity (Wildman–Crippen MR) is 129 cm³/mol. The summed E-state index contributed by atoms with van der Waals surface area (Å²) in [6.45, 7) is 2.40. The quantitative estimate of drug-likeness (QED) is 0.384. The largest absolute Gasteiger partial charge is 0.465 e. The predicted octanol–water partition coefficient (Wildman–Crippen LogP) is 4.09. The first-order valence-electron chi connectivity index (χ1n) is 10.6. The van der Waals surface area contributed by atoms with Crippen molar-refractivity contribution >= 4 is 23.5 Å². The second-order valence-electron chi connectivity index (χ2n) is 7.86. The molecule has 0 saturated carbocycles. The number of nitrogen functional groups attached to an aromatic ring is 1. The summed E-state index contributed by atoms with van der Waals surface area (Å²) in [5.74, 6) is -0.0963. The molecule has 0 radical (unpaired) electrons.